The second-order valence-electron chi connectivity index (χ2n) is 3.28. The highest BCUT2D eigenvalue weighted by Gasteiger charge is 2.37. The third-order valence-corrected chi connectivity index (χ3v) is 3.45. The van der Waals surface area contributed by atoms with Crippen LogP contribution in [-0.4, -0.2) is 15.9 Å². The highest BCUT2D eigenvalue weighted by molar-refractivity contribution is 14.1. The van der Waals surface area contributed by atoms with Crippen molar-refractivity contribution in [2.24, 2.45) is 0 Å². The van der Waals surface area contributed by atoms with Crippen LogP contribution in [0, 0.1) is 3.57 Å². The summed E-state index contributed by atoms with van der Waals surface area (Å²) >= 11 is 19.3. The van der Waals surface area contributed by atoms with E-state index in [0.29, 0.717) is 11.3 Å². The molecule has 16 heavy (non-hydrogen) atoms. The van der Waals surface area contributed by atoms with Gasteiger partial charge >= 0.3 is 0 Å². The number of carbonyl (C=O) groups is 1. The lowest BCUT2D eigenvalue weighted by atomic mass is 10.1. The van der Waals surface area contributed by atoms with Gasteiger partial charge in [-0.1, -0.05) is 34.8 Å². The van der Waals surface area contributed by atoms with Crippen molar-refractivity contribution in [2.45, 2.75) is 9.96 Å². The number of carbonyl (C=O) groups excluding carboxylic acids is 1. The Morgan fingerprint density at radius 3 is 2.56 bits per heavy atom. The van der Waals surface area contributed by atoms with Crippen LogP contribution in [0.15, 0.2) is 18.2 Å². The molecule has 1 aromatic rings. The van der Waals surface area contributed by atoms with Crippen molar-refractivity contribution in [3.8, 4) is 0 Å². The van der Waals surface area contributed by atoms with Crippen LogP contribution in [0.5, 0.6) is 0 Å². The zero-order chi connectivity index (χ0) is 11.9. The summed E-state index contributed by atoms with van der Waals surface area (Å²) in [5.74, 6) is -0.247. The van der Waals surface area contributed by atoms with Gasteiger partial charge in [0.15, 0.2) is 0 Å². The Kier molecular flexibility index (Phi) is 3.45. The molecule has 1 amide bonds. The number of halogens is 4. The molecule has 2 N–H and O–H groups in total. The molecule has 1 aliphatic heterocycles. The lowest BCUT2D eigenvalue weighted by molar-refractivity contribution is 0.0936. The van der Waals surface area contributed by atoms with Crippen molar-refractivity contribution in [1.82, 2.24) is 5.32 Å². The van der Waals surface area contributed by atoms with E-state index in [2.05, 4.69) is 33.2 Å². The highest BCUT2D eigenvalue weighted by Crippen LogP contribution is 2.34. The predicted octanol–water partition coefficient (Wildman–Crippen LogP) is 3.14. The fourth-order valence-corrected chi connectivity index (χ4v) is 2.21. The molecule has 1 heterocycles. The molecule has 0 saturated carbocycles. The summed E-state index contributed by atoms with van der Waals surface area (Å²) in [5.41, 5.74) is 1.22. The van der Waals surface area contributed by atoms with E-state index in [0.717, 1.165) is 3.57 Å². The first-order valence-electron chi connectivity index (χ1n) is 4.31. The number of hydrogen-bond acceptors (Lipinski definition) is 2. The molecule has 0 fully saturated rings. The monoisotopic (exact) mass is 390 g/mol. The van der Waals surface area contributed by atoms with Crippen molar-refractivity contribution in [3.05, 3.63) is 27.3 Å². The van der Waals surface area contributed by atoms with Crippen molar-refractivity contribution < 1.29 is 4.79 Å². The fraction of sp³-hybridized carbons (Fsp3) is 0.222. The van der Waals surface area contributed by atoms with Gasteiger partial charge in [0.2, 0.25) is 3.79 Å². The van der Waals surface area contributed by atoms with E-state index in [4.69, 9.17) is 34.8 Å². The summed E-state index contributed by atoms with van der Waals surface area (Å²) in [7, 11) is 0. The summed E-state index contributed by atoms with van der Waals surface area (Å²) in [5, 5.41) is 5.55. The van der Waals surface area contributed by atoms with E-state index in [1.54, 1.807) is 12.1 Å². The molecule has 0 bridgehead atoms. The van der Waals surface area contributed by atoms with Crippen LogP contribution in [0.4, 0.5) is 5.69 Å². The molecular formula is C9H6Cl3IN2O. The molecule has 0 radical (unpaired) electrons. The molecular weight excluding hydrogens is 385 g/mol. The minimum Gasteiger partial charge on any atom is -0.361 e. The lowest BCUT2D eigenvalue weighted by Crippen LogP contribution is -2.52. The molecule has 0 aromatic heterocycles. The minimum absolute atomic E-state index is 0.247. The number of nitrogens with one attached hydrogen (secondary N) is 2. The van der Waals surface area contributed by atoms with E-state index < -0.39 is 9.96 Å². The van der Waals surface area contributed by atoms with Gasteiger partial charge in [-0.15, -0.1) is 0 Å². The first-order valence-corrected chi connectivity index (χ1v) is 6.53. The molecule has 1 aliphatic rings. The standard InChI is InChI=1S/C9H6Cl3IN2O/c10-9(11,12)8-14-6-2-1-4(13)3-5(6)7(16)15-8/h1-3,8,14H,(H,15,16). The Hall–Kier alpha value is 0.0900. The third-order valence-electron chi connectivity index (χ3n) is 2.13. The molecule has 7 heteroatoms. The Morgan fingerprint density at radius 1 is 1.25 bits per heavy atom. The topological polar surface area (TPSA) is 41.1 Å². The average molecular weight is 391 g/mol. The molecule has 0 saturated heterocycles. The molecule has 2 rings (SSSR count). The van der Waals surface area contributed by atoms with Gasteiger partial charge in [-0.3, -0.25) is 4.79 Å². The first kappa shape index (κ1) is 12.5. The Morgan fingerprint density at radius 2 is 1.94 bits per heavy atom. The number of anilines is 1. The van der Waals surface area contributed by atoms with Crippen LogP contribution in [0.25, 0.3) is 0 Å². The molecule has 3 nitrogen and oxygen atoms in total. The van der Waals surface area contributed by atoms with Crippen molar-refractivity contribution >= 4 is 69.0 Å². The maximum absolute atomic E-state index is 11.8. The van der Waals surface area contributed by atoms with Gasteiger partial charge in [-0.2, -0.15) is 0 Å². The van der Waals surface area contributed by atoms with Gasteiger partial charge in [-0.25, -0.2) is 0 Å². The summed E-state index contributed by atoms with van der Waals surface area (Å²) in [4.78, 5) is 11.8. The van der Waals surface area contributed by atoms with Gasteiger partial charge in [0.05, 0.1) is 5.56 Å². The van der Waals surface area contributed by atoms with Crippen LogP contribution in [0.1, 0.15) is 10.4 Å². The molecule has 1 unspecified atom stereocenters. The number of benzene rings is 1. The van der Waals surface area contributed by atoms with Crippen molar-refractivity contribution in [2.75, 3.05) is 5.32 Å². The summed E-state index contributed by atoms with van der Waals surface area (Å²) in [6.07, 6.45) is -0.724. The summed E-state index contributed by atoms with van der Waals surface area (Å²) in [6.45, 7) is 0. The van der Waals surface area contributed by atoms with Gasteiger partial charge in [0.1, 0.15) is 6.17 Å². The van der Waals surface area contributed by atoms with Crippen LogP contribution in [0.2, 0.25) is 0 Å². The quantitative estimate of drug-likeness (QED) is 0.527. The van der Waals surface area contributed by atoms with E-state index >= 15 is 0 Å². The van der Waals surface area contributed by atoms with Crippen LogP contribution in [0.3, 0.4) is 0 Å². The Labute approximate surface area is 121 Å². The molecule has 1 aromatic carbocycles. The van der Waals surface area contributed by atoms with Crippen molar-refractivity contribution in [1.29, 1.82) is 0 Å². The SMILES string of the molecule is O=C1NC(C(Cl)(Cl)Cl)Nc2ccc(I)cc21. The van der Waals surface area contributed by atoms with Gasteiger partial charge in [0.25, 0.3) is 5.91 Å². The van der Waals surface area contributed by atoms with Gasteiger partial charge in [0, 0.05) is 9.26 Å². The van der Waals surface area contributed by atoms with Crippen LogP contribution >= 0.6 is 57.4 Å². The highest BCUT2D eigenvalue weighted by atomic mass is 127. The van der Waals surface area contributed by atoms with Gasteiger partial charge < -0.3 is 10.6 Å². The van der Waals surface area contributed by atoms with Crippen molar-refractivity contribution in [3.63, 3.8) is 0 Å². The van der Waals surface area contributed by atoms with E-state index in [9.17, 15) is 4.79 Å². The third kappa shape index (κ3) is 2.50. The largest absolute Gasteiger partial charge is 0.361 e. The fourth-order valence-electron chi connectivity index (χ4n) is 1.39. The summed E-state index contributed by atoms with van der Waals surface area (Å²) in [6, 6.07) is 5.44. The normalized spacial score (nSPS) is 19.8. The Bertz CT molecular complexity index is 447. The number of hydrogen-bond donors (Lipinski definition) is 2. The van der Waals surface area contributed by atoms with Crippen LogP contribution in [-0.2, 0) is 0 Å². The summed E-state index contributed by atoms with van der Waals surface area (Å²) < 4.78 is -0.614. The molecule has 86 valence electrons. The number of alkyl halides is 3. The van der Waals surface area contributed by atoms with E-state index in [1.165, 1.54) is 0 Å². The number of fused-ring (bicyclic) bond motifs is 1. The smallest absolute Gasteiger partial charge is 0.255 e. The Balaban J connectivity index is 2.38. The maximum Gasteiger partial charge on any atom is 0.255 e. The minimum atomic E-state index is -1.59. The number of rotatable bonds is 0. The molecule has 0 aliphatic carbocycles. The lowest BCUT2D eigenvalue weighted by Gasteiger charge is -2.32. The average Bonchev–Trinajstić information content (AvgIpc) is 2.17. The molecule has 1 atom stereocenters. The zero-order valence-corrected chi connectivity index (χ0v) is 12.2. The first-order chi connectivity index (χ1) is 7.38. The zero-order valence-electron chi connectivity index (χ0n) is 7.73. The number of amides is 1. The van der Waals surface area contributed by atoms with Crippen LogP contribution < -0.4 is 10.6 Å². The molecule has 0 spiro atoms. The van der Waals surface area contributed by atoms with E-state index in [1.807, 2.05) is 6.07 Å². The maximum atomic E-state index is 11.8. The second kappa shape index (κ2) is 4.40. The predicted molar refractivity (Wildman–Crippen MR) is 74.3 cm³/mol. The second-order valence-corrected chi connectivity index (χ2v) is 6.90. The van der Waals surface area contributed by atoms with Gasteiger partial charge in [-0.05, 0) is 40.8 Å². The van der Waals surface area contributed by atoms with E-state index in [-0.39, 0.29) is 5.91 Å².